The van der Waals surface area contributed by atoms with E-state index >= 15 is 0 Å². The van der Waals surface area contributed by atoms with Gasteiger partial charge in [0.2, 0.25) is 0 Å². The summed E-state index contributed by atoms with van der Waals surface area (Å²) >= 11 is 4.68. The van der Waals surface area contributed by atoms with Crippen LogP contribution >= 0.6 is 11.6 Å². The minimum atomic E-state index is -3.79. The molecule has 0 fully saturated rings. The number of hydrogen-bond acceptors (Lipinski definition) is 2. The second-order valence-corrected chi connectivity index (χ2v) is 4.96. The molecule has 0 saturated heterocycles. The SMILES string of the molecule is Cc1cc(C)c(C(=O)C[C@H](O)C(F)(F)Cl)c(C)c1. The van der Waals surface area contributed by atoms with Gasteiger partial charge < -0.3 is 5.11 Å². The molecule has 1 aromatic rings. The summed E-state index contributed by atoms with van der Waals surface area (Å²) in [5, 5.41) is 5.36. The second-order valence-electron chi connectivity index (χ2n) is 4.46. The molecule has 2 nitrogen and oxygen atoms in total. The molecule has 0 aliphatic rings. The van der Waals surface area contributed by atoms with E-state index in [1.165, 1.54) is 0 Å². The van der Waals surface area contributed by atoms with Crippen molar-refractivity contribution in [3.63, 3.8) is 0 Å². The second kappa shape index (κ2) is 5.33. The lowest BCUT2D eigenvalue weighted by Gasteiger charge is -2.16. The van der Waals surface area contributed by atoms with Crippen molar-refractivity contribution >= 4 is 17.4 Å². The maximum absolute atomic E-state index is 12.6. The Balaban J connectivity index is 2.99. The molecule has 0 bridgehead atoms. The summed E-state index contributed by atoms with van der Waals surface area (Å²) in [6, 6.07) is 3.59. The molecule has 0 spiro atoms. The van der Waals surface area contributed by atoms with Gasteiger partial charge in [0.25, 0.3) is 0 Å². The van der Waals surface area contributed by atoms with E-state index in [-0.39, 0.29) is 0 Å². The summed E-state index contributed by atoms with van der Waals surface area (Å²) in [6.45, 7) is 5.35. The van der Waals surface area contributed by atoms with Crippen molar-refractivity contribution < 1.29 is 18.7 Å². The number of alkyl halides is 3. The number of carbonyl (C=O) groups is 1. The van der Waals surface area contributed by atoms with E-state index in [0.717, 1.165) is 5.56 Å². The topological polar surface area (TPSA) is 37.3 Å². The fourth-order valence-corrected chi connectivity index (χ4v) is 2.09. The third-order valence-electron chi connectivity index (χ3n) is 2.71. The van der Waals surface area contributed by atoms with E-state index in [1.54, 1.807) is 26.0 Å². The van der Waals surface area contributed by atoms with Crippen LogP contribution in [0.4, 0.5) is 8.78 Å². The van der Waals surface area contributed by atoms with Gasteiger partial charge in [0.05, 0.1) is 0 Å². The highest BCUT2D eigenvalue weighted by molar-refractivity contribution is 6.22. The maximum Gasteiger partial charge on any atom is 0.347 e. The number of halogens is 3. The third kappa shape index (κ3) is 3.50. The molecule has 1 N–H and O–H groups in total. The first-order valence-corrected chi connectivity index (χ1v) is 5.86. The van der Waals surface area contributed by atoms with Crippen LogP contribution in [0.2, 0.25) is 0 Å². The molecule has 0 saturated carbocycles. The molecule has 0 aromatic heterocycles. The first kappa shape index (κ1) is 15.1. The summed E-state index contributed by atoms with van der Waals surface area (Å²) < 4.78 is 25.2. The minimum absolute atomic E-state index is 0.376. The number of ketones is 1. The van der Waals surface area contributed by atoms with Crippen molar-refractivity contribution in [1.82, 2.24) is 0 Å². The molecular weight excluding hydrogens is 262 g/mol. The monoisotopic (exact) mass is 276 g/mol. The Bertz CT molecular complexity index is 444. The lowest BCUT2D eigenvalue weighted by Crippen LogP contribution is -2.30. The number of rotatable bonds is 4. The number of aliphatic hydroxyl groups is 1. The molecule has 0 aliphatic carbocycles. The Hall–Kier alpha value is -1.00. The number of hydrogen-bond donors (Lipinski definition) is 1. The first-order chi connectivity index (χ1) is 8.12. The Kier molecular flexibility index (Phi) is 4.46. The zero-order valence-corrected chi connectivity index (χ0v) is 11.2. The van der Waals surface area contributed by atoms with Gasteiger partial charge in [0, 0.05) is 12.0 Å². The molecule has 0 heterocycles. The molecule has 1 aromatic carbocycles. The standard InChI is InChI=1S/C13H15ClF2O2/c1-7-4-8(2)12(9(3)5-7)10(17)6-11(18)13(14,15)16/h4-5,11,18H,6H2,1-3H3/t11-/m0/s1. The molecular formula is C13H15ClF2O2. The predicted molar refractivity (Wildman–Crippen MR) is 66.4 cm³/mol. The van der Waals surface area contributed by atoms with Crippen molar-refractivity contribution in [3.8, 4) is 0 Å². The fraction of sp³-hybridized carbons (Fsp3) is 0.462. The normalized spacial score (nSPS) is 13.5. The van der Waals surface area contributed by atoms with Gasteiger partial charge in [-0.15, -0.1) is 0 Å². The maximum atomic E-state index is 12.6. The quantitative estimate of drug-likeness (QED) is 0.676. The summed E-state index contributed by atoms with van der Waals surface area (Å²) in [4.78, 5) is 11.9. The smallest absolute Gasteiger partial charge is 0.347 e. The lowest BCUT2D eigenvalue weighted by atomic mass is 9.94. The van der Waals surface area contributed by atoms with Crippen LogP contribution in [0, 0.1) is 20.8 Å². The largest absolute Gasteiger partial charge is 0.385 e. The van der Waals surface area contributed by atoms with Gasteiger partial charge in [-0.05, 0) is 43.5 Å². The van der Waals surface area contributed by atoms with E-state index in [4.69, 9.17) is 5.11 Å². The van der Waals surface area contributed by atoms with E-state index in [1.807, 2.05) is 6.92 Å². The van der Waals surface area contributed by atoms with Crippen LogP contribution in [0.3, 0.4) is 0 Å². The third-order valence-corrected chi connectivity index (χ3v) is 2.96. The molecule has 0 aliphatic heterocycles. The molecule has 0 radical (unpaired) electrons. The average molecular weight is 277 g/mol. The highest BCUT2D eigenvalue weighted by Gasteiger charge is 2.37. The van der Waals surface area contributed by atoms with Crippen molar-refractivity contribution in [2.24, 2.45) is 0 Å². The zero-order chi connectivity index (χ0) is 14.1. The van der Waals surface area contributed by atoms with Crippen LogP contribution < -0.4 is 0 Å². The molecule has 1 rings (SSSR count). The summed E-state index contributed by atoms with van der Waals surface area (Å²) in [6.07, 6.45) is -2.87. The summed E-state index contributed by atoms with van der Waals surface area (Å²) in [5.41, 5.74) is 2.79. The minimum Gasteiger partial charge on any atom is -0.385 e. The summed E-state index contributed by atoms with van der Waals surface area (Å²) in [5.74, 6) is -0.530. The number of aryl methyl sites for hydroxylation is 3. The Labute approximate surface area is 110 Å². The van der Waals surface area contributed by atoms with Gasteiger partial charge in [0.15, 0.2) is 5.78 Å². The number of aliphatic hydroxyl groups excluding tert-OH is 1. The van der Waals surface area contributed by atoms with Crippen LogP contribution in [0.1, 0.15) is 33.5 Å². The molecule has 5 heteroatoms. The van der Waals surface area contributed by atoms with Gasteiger partial charge >= 0.3 is 5.38 Å². The van der Waals surface area contributed by atoms with Gasteiger partial charge in [-0.3, -0.25) is 4.79 Å². The van der Waals surface area contributed by atoms with Crippen LogP contribution in [-0.2, 0) is 0 Å². The zero-order valence-electron chi connectivity index (χ0n) is 10.4. The Morgan fingerprint density at radius 2 is 1.78 bits per heavy atom. The molecule has 0 amide bonds. The average Bonchev–Trinajstić information content (AvgIpc) is 2.13. The van der Waals surface area contributed by atoms with E-state index < -0.39 is 23.7 Å². The van der Waals surface area contributed by atoms with E-state index in [2.05, 4.69) is 11.6 Å². The van der Waals surface area contributed by atoms with Crippen LogP contribution in [0.15, 0.2) is 12.1 Å². The van der Waals surface area contributed by atoms with Crippen molar-refractivity contribution in [2.75, 3.05) is 0 Å². The number of Topliss-reactive ketones (excluding diaryl/α,β-unsaturated/α-hetero) is 1. The fourth-order valence-electron chi connectivity index (χ4n) is 2.01. The van der Waals surface area contributed by atoms with Crippen molar-refractivity contribution in [3.05, 3.63) is 34.4 Å². The molecule has 18 heavy (non-hydrogen) atoms. The highest BCUT2D eigenvalue weighted by atomic mass is 35.5. The summed E-state index contributed by atoms with van der Waals surface area (Å²) in [7, 11) is 0. The van der Waals surface area contributed by atoms with Gasteiger partial charge in [-0.1, -0.05) is 17.7 Å². The van der Waals surface area contributed by atoms with Crippen LogP contribution in [0.5, 0.6) is 0 Å². The first-order valence-electron chi connectivity index (χ1n) is 5.48. The van der Waals surface area contributed by atoms with Gasteiger partial charge in [-0.25, -0.2) is 0 Å². The Morgan fingerprint density at radius 3 is 2.17 bits per heavy atom. The van der Waals surface area contributed by atoms with Crippen molar-refractivity contribution in [1.29, 1.82) is 0 Å². The van der Waals surface area contributed by atoms with Crippen molar-refractivity contribution in [2.45, 2.75) is 38.7 Å². The Morgan fingerprint density at radius 1 is 1.33 bits per heavy atom. The van der Waals surface area contributed by atoms with E-state index in [9.17, 15) is 13.6 Å². The predicted octanol–water partition coefficient (Wildman–Crippen LogP) is 3.38. The van der Waals surface area contributed by atoms with Gasteiger partial charge in [-0.2, -0.15) is 8.78 Å². The number of benzene rings is 1. The van der Waals surface area contributed by atoms with Crippen LogP contribution in [-0.4, -0.2) is 22.4 Å². The highest BCUT2D eigenvalue weighted by Crippen LogP contribution is 2.27. The molecule has 0 unspecified atom stereocenters. The van der Waals surface area contributed by atoms with E-state index in [0.29, 0.717) is 16.7 Å². The number of carbonyl (C=O) groups excluding carboxylic acids is 1. The molecule has 1 atom stereocenters. The van der Waals surface area contributed by atoms with Crippen LogP contribution in [0.25, 0.3) is 0 Å². The lowest BCUT2D eigenvalue weighted by molar-refractivity contribution is -0.0405. The van der Waals surface area contributed by atoms with Gasteiger partial charge in [0.1, 0.15) is 6.10 Å². The molecule has 100 valence electrons.